The summed E-state index contributed by atoms with van der Waals surface area (Å²) in [6, 6.07) is 47.3. The molecule has 0 saturated heterocycles. The Balaban J connectivity index is 1.66. The fraction of sp³-hybridized carbons (Fsp3) is 0.0588. The molecule has 35 heavy (non-hydrogen) atoms. The zero-order valence-electron chi connectivity index (χ0n) is 20.2. The SMILES string of the molecule is Cc1ccc(N(c2ccccc2)c2ccc(C)c(C=C(c3ccccc3)c3ccccc3)c2)cc1. The van der Waals surface area contributed by atoms with Gasteiger partial charge in [-0.15, -0.1) is 0 Å². The highest BCUT2D eigenvalue weighted by molar-refractivity contribution is 5.92. The number of para-hydroxylation sites is 1. The monoisotopic (exact) mass is 451 g/mol. The third-order valence-electron chi connectivity index (χ3n) is 6.30. The molecule has 5 aromatic rings. The van der Waals surface area contributed by atoms with E-state index in [2.05, 4.69) is 158 Å². The van der Waals surface area contributed by atoms with Crippen LogP contribution >= 0.6 is 0 Å². The lowest BCUT2D eigenvalue weighted by Crippen LogP contribution is -2.10. The first-order valence-electron chi connectivity index (χ1n) is 12.0. The summed E-state index contributed by atoms with van der Waals surface area (Å²) in [6.07, 6.45) is 2.32. The molecule has 0 aliphatic rings. The number of anilines is 3. The van der Waals surface area contributed by atoms with E-state index in [0.29, 0.717) is 0 Å². The minimum Gasteiger partial charge on any atom is -0.310 e. The van der Waals surface area contributed by atoms with Crippen LogP contribution in [-0.2, 0) is 0 Å². The number of nitrogens with zero attached hydrogens (tertiary/aromatic N) is 1. The predicted octanol–water partition coefficient (Wildman–Crippen LogP) is 9.36. The molecule has 0 amide bonds. The molecule has 5 rings (SSSR count). The van der Waals surface area contributed by atoms with Crippen LogP contribution in [0.4, 0.5) is 17.1 Å². The Morgan fingerprint density at radius 3 is 1.57 bits per heavy atom. The molecule has 0 aromatic heterocycles. The highest BCUT2D eigenvalue weighted by atomic mass is 15.1. The summed E-state index contributed by atoms with van der Waals surface area (Å²) in [6.45, 7) is 4.31. The maximum Gasteiger partial charge on any atom is 0.0467 e. The first-order valence-corrected chi connectivity index (χ1v) is 12.0. The lowest BCUT2D eigenvalue weighted by atomic mass is 9.94. The van der Waals surface area contributed by atoms with Crippen molar-refractivity contribution >= 4 is 28.7 Å². The molecule has 0 spiro atoms. The number of rotatable bonds is 6. The van der Waals surface area contributed by atoms with Gasteiger partial charge in [-0.25, -0.2) is 0 Å². The van der Waals surface area contributed by atoms with Crippen LogP contribution < -0.4 is 4.90 Å². The molecule has 0 radical (unpaired) electrons. The van der Waals surface area contributed by atoms with E-state index in [4.69, 9.17) is 0 Å². The van der Waals surface area contributed by atoms with Crippen LogP contribution in [0, 0.1) is 13.8 Å². The molecular weight excluding hydrogens is 422 g/mol. The van der Waals surface area contributed by atoms with Gasteiger partial charge in [-0.1, -0.05) is 103 Å². The van der Waals surface area contributed by atoms with Crippen molar-refractivity contribution in [2.45, 2.75) is 13.8 Å². The van der Waals surface area contributed by atoms with Gasteiger partial charge in [-0.05, 0) is 84.1 Å². The van der Waals surface area contributed by atoms with Crippen molar-refractivity contribution in [3.8, 4) is 0 Å². The second kappa shape index (κ2) is 10.3. The Morgan fingerprint density at radius 1 is 0.514 bits per heavy atom. The maximum absolute atomic E-state index is 2.32. The van der Waals surface area contributed by atoms with Crippen LogP contribution in [-0.4, -0.2) is 0 Å². The van der Waals surface area contributed by atoms with Crippen molar-refractivity contribution in [2.75, 3.05) is 4.90 Å². The van der Waals surface area contributed by atoms with Gasteiger partial charge in [0.2, 0.25) is 0 Å². The van der Waals surface area contributed by atoms with Crippen molar-refractivity contribution in [1.29, 1.82) is 0 Å². The number of aryl methyl sites for hydroxylation is 2. The molecule has 5 aromatic carbocycles. The molecule has 0 N–H and O–H groups in total. The molecule has 0 fully saturated rings. The molecule has 170 valence electrons. The van der Waals surface area contributed by atoms with Gasteiger partial charge in [0.15, 0.2) is 0 Å². The van der Waals surface area contributed by atoms with Crippen LogP contribution in [0.25, 0.3) is 11.6 Å². The molecule has 1 nitrogen and oxygen atoms in total. The third-order valence-corrected chi connectivity index (χ3v) is 6.30. The van der Waals surface area contributed by atoms with Crippen molar-refractivity contribution in [3.05, 3.63) is 161 Å². The van der Waals surface area contributed by atoms with Crippen molar-refractivity contribution < 1.29 is 0 Å². The van der Waals surface area contributed by atoms with Crippen LogP contribution in [0.2, 0.25) is 0 Å². The summed E-state index contributed by atoms with van der Waals surface area (Å²) in [4.78, 5) is 2.32. The van der Waals surface area contributed by atoms with Crippen LogP contribution in [0.15, 0.2) is 133 Å². The van der Waals surface area contributed by atoms with Crippen molar-refractivity contribution in [1.82, 2.24) is 0 Å². The van der Waals surface area contributed by atoms with Crippen molar-refractivity contribution in [2.24, 2.45) is 0 Å². The van der Waals surface area contributed by atoms with E-state index in [1.54, 1.807) is 0 Å². The number of hydrogen-bond acceptors (Lipinski definition) is 1. The van der Waals surface area contributed by atoms with E-state index in [-0.39, 0.29) is 0 Å². The minimum atomic E-state index is 1.14. The fourth-order valence-corrected chi connectivity index (χ4v) is 4.36. The smallest absolute Gasteiger partial charge is 0.0467 e. The summed E-state index contributed by atoms with van der Waals surface area (Å²) in [5.41, 5.74) is 10.8. The largest absolute Gasteiger partial charge is 0.310 e. The zero-order chi connectivity index (χ0) is 24.0. The highest BCUT2D eigenvalue weighted by Crippen LogP contribution is 2.36. The first kappa shape index (κ1) is 22.4. The Kier molecular flexibility index (Phi) is 6.59. The van der Waals surface area contributed by atoms with Gasteiger partial charge in [-0.3, -0.25) is 0 Å². The van der Waals surface area contributed by atoms with Gasteiger partial charge in [0, 0.05) is 17.1 Å². The lowest BCUT2D eigenvalue weighted by Gasteiger charge is -2.26. The molecule has 0 bridgehead atoms. The molecule has 0 aliphatic heterocycles. The Morgan fingerprint density at radius 2 is 1.00 bits per heavy atom. The van der Waals surface area contributed by atoms with Crippen molar-refractivity contribution in [3.63, 3.8) is 0 Å². The average molecular weight is 452 g/mol. The van der Waals surface area contributed by atoms with E-state index in [1.165, 1.54) is 33.4 Å². The summed E-state index contributed by atoms with van der Waals surface area (Å²) < 4.78 is 0. The summed E-state index contributed by atoms with van der Waals surface area (Å²) >= 11 is 0. The first-order chi connectivity index (χ1) is 17.2. The topological polar surface area (TPSA) is 3.24 Å². The van der Waals surface area contributed by atoms with E-state index in [9.17, 15) is 0 Å². The van der Waals surface area contributed by atoms with Gasteiger partial charge in [0.05, 0.1) is 0 Å². The summed E-state index contributed by atoms with van der Waals surface area (Å²) in [5.74, 6) is 0. The van der Waals surface area contributed by atoms with Crippen LogP contribution in [0.1, 0.15) is 27.8 Å². The molecule has 0 unspecified atom stereocenters. The van der Waals surface area contributed by atoms with Crippen LogP contribution in [0.3, 0.4) is 0 Å². The molecule has 0 aliphatic carbocycles. The van der Waals surface area contributed by atoms with Gasteiger partial charge in [0.1, 0.15) is 0 Å². The lowest BCUT2D eigenvalue weighted by molar-refractivity contribution is 1.26. The highest BCUT2D eigenvalue weighted by Gasteiger charge is 2.14. The number of benzene rings is 5. The molecular formula is C34H29N. The molecule has 0 saturated carbocycles. The Hall–Kier alpha value is -4.36. The summed E-state index contributed by atoms with van der Waals surface area (Å²) in [5, 5.41) is 0. The van der Waals surface area contributed by atoms with Gasteiger partial charge in [0.25, 0.3) is 0 Å². The fourth-order valence-electron chi connectivity index (χ4n) is 4.36. The average Bonchev–Trinajstić information content (AvgIpc) is 2.91. The van der Waals surface area contributed by atoms with Gasteiger partial charge in [-0.2, -0.15) is 0 Å². The summed E-state index contributed by atoms with van der Waals surface area (Å²) in [7, 11) is 0. The minimum absolute atomic E-state index is 1.14. The Labute approximate surface area is 208 Å². The second-order valence-corrected chi connectivity index (χ2v) is 8.84. The third kappa shape index (κ3) is 5.10. The normalized spacial score (nSPS) is 10.6. The van der Waals surface area contributed by atoms with Crippen LogP contribution in [0.5, 0.6) is 0 Å². The van der Waals surface area contributed by atoms with Gasteiger partial charge < -0.3 is 4.90 Å². The van der Waals surface area contributed by atoms with E-state index >= 15 is 0 Å². The Bertz CT molecular complexity index is 1380. The molecule has 0 atom stereocenters. The van der Waals surface area contributed by atoms with Gasteiger partial charge >= 0.3 is 0 Å². The van der Waals surface area contributed by atoms with E-state index < -0.39 is 0 Å². The number of hydrogen-bond donors (Lipinski definition) is 0. The second-order valence-electron chi connectivity index (χ2n) is 8.84. The predicted molar refractivity (Wildman–Crippen MR) is 150 cm³/mol. The maximum atomic E-state index is 2.32. The molecule has 1 heteroatoms. The van der Waals surface area contributed by atoms with E-state index in [0.717, 1.165) is 17.1 Å². The quantitative estimate of drug-likeness (QED) is 0.232. The zero-order valence-corrected chi connectivity index (χ0v) is 20.2. The van der Waals surface area contributed by atoms with E-state index in [1.807, 2.05) is 0 Å². The standard InChI is InChI=1S/C34H29N/c1-26-18-21-32(22-19-26)35(31-16-10-5-11-17-31)33-23-20-27(2)30(24-33)25-34(28-12-6-3-7-13-28)29-14-8-4-9-15-29/h3-25H,1-2H3. The molecule has 0 heterocycles.